The summed E-state index contributed by atoms with van der Waals surface area (Å²) in [6, 6.07) is 13.7. The molecule has 0 radical (unpaired) electrons. The second-order valence-corrected chi connectivity index (χ2v) is 8.44. The molecule has 1 aliphatic rings. The molecular weight excluding hydrogens is 363 g/mol. The molecule has 0 saturated carbocycles. The summed E-state index contributed by atoms with van der Waals surface area (Å²) >= 11 is 5.74. The number of hydrogen-bond acceptors (Lipinski definition) is 3. The highest BCUT2D eigenvalue weighted by Gasteiger charge is 2.27. The van der Waals surface area contributed by atoms with Gasteiger partial charge in [-0.3, -0.25) is 4.90 Å². The second kappa shape index (κ2) is 7.83. The minimum atomic E-state index is -3.67. The summed E-state index contributed by atoms with van der Waals surface area (Å²) in [5.74, 6) is -0.620. The Balaban J connectivity index is 1.70. The van der Waals surface area contributed by atoms with Crippen molar-refractivity contribution in [2.45, 2.75) is 17.9 Å². The third kappa shape index (κ3) is 4.39. The molecule has 0 N–H and O–H groups in total. The molecule has 0 amide bonds. The molecule has 134 valence electrons. The van der Waals surface area contributed by atoms with E-state index in [4.69, 9.17) is 11.6 Å². The number of nitrogens with zero attached hydrogens (tertiary/aromatic N) is 2. The smallest absolute Gasteiger partial charge is 0.243 e. The summed E-state index contributed by atoms with van der Waals surface area (Å²) in [6.07, 6.45) is 0.751. The largest absolute Gasteiger partial charge is 0.298 e. The van der Waals surface area contributed by atoms with Gasteiger partial charge in [0.1, 0.15) is 5.82 Å². The van der Waals surface area contributed by atoms with E-state index in [0.717, 1.165) is 25.6 Å². The highest BCUT2D eigenvalue weighted by molar-refractivity contribution is 7.89. The molecule has 0 atom stereocenters. The maximum absolute atomic E-state index is 13.3. The van der Waals surface area contributed by atoms with Gasteiger partial charge in [-0.05, 0) is 36.7 Å². The van der Waals surface area contributed by atoms with Crippen LogP contribution in [0.1, 0.15) is 12.0 Å². The fraction of sp³-hybridized carbons (Fsp3) is 0.333. The van der Waals surface area contributed by atoms with Crippen molar-refractivity contribution in [3.63, 3.8) is 0 Å². The molecular formula is C18H20ClFN2O2S. The molecule has 7 heteroatoms. The van der Waals surface area contributed by atoms with Crippen LogP contribution >= 0.6 is 11.6 Å². The van der Waals surface area contributed by atoms with Crippen LogP contribution in [0.25, 0.3) is 0 Å². The summed E-state index contributed by atoms with van der Waals surface area (Å²) in [6.45, 7) is 3.15. The summed E-state index contributed by atoms with van der Waals surface area (Å²) in [4.78, 5) is 2.29. The molecule has 1 saturated heterocycles. The molecule has 25 heavy (non-hydrogen) atoms. The Labute approximate surface area is 152 Å². The van der Waals surface area contributed by atoms with Crippen molar-refractivity contribution in [2.75, 3.05) is 26.2 Å². The lowest BCUT2D eigenvalue weighted by Crippen LogP contribution is -2.35. The standard InChI is InChI=1S/C18H20ClFN2O2S/c19-17-13-16(7-8-18(17)20)25(23,24)22-10-4-9-21(11-12-22)14-15-5-2-1-3-6-15/h1-3,5-8,13H,4,9-12,14H2. The Morgan fingerprint density at radius 1 is 1.00 bits per heavy atom. The minimum absolute atomic E-state index is 0.0374. The van der Waals surface area contributed by atoms with E-state index in [2.05, 4.69) is 17.0 Å². The Hall–Kier alpha value is -1.47. The van der Waals surface area contributed by atoms with E-state index in [1.165, 1.54) is 22.0 Å². The number of rotatable bonds is 4. The van der Waals surface area contributed by atoms with E-state index in [1.54, 1.807) is 0 Å². The molecule has 1 fully saturated rings. The molecule has 0 bridgehead atoms. The SMILES string of the molecule is O=S(=O)(c1ccc(F)c(Cl)c1)N1CCCN(Cc2ccccc2)CC1. The highest BCUT2D eigenvalue weighted by atomic mass is 35.5. The first-order valence-electron chi connectivity index (χ1n) is 8.18. The van der Waals surface area contributed by atoms with Crippen molar-refractivity contribution < 1.29 is 12.8 Å². The monoisotopic (exact) mass is 382 g/mol. The number of sulfonamides is 1. The van der Waals surface area contributed by atoms with Gasteiger partial charge in [-0.2, -0.15) is 4.31 Å². The average Bonchev–Trinajstić information content (AvgIpc) is 2.84. The van der Waals surface area contributed by atoms with Crippen LogP contribution in [-0.4, -0.2) is 43.8 Å². The average molecular weight is 383 g/mol. The summed E-state index contributed by atoms with van der Waals surface area (Å²) in [7, 11) is -3.67. The molecule has 0 aliphatic carbocycles. The van der Waals surface area contributed by atoms with Crippen LogP contribution in [0.2, 0.25) is 5.02 Å². The van der Waals surface area contributed by atoms with E-state index in [1.807, 2.05) is 18.2 Å². The van der Waals surface area contributed by atoms with Crippen molar-refractivity contribution in [1.82, 2.24) is 9.21 Å². The lowest BCUT2D eigenvalue weighted by Gasteiger charge is -2.22. The third-order valence-electron chi connectivity index (χ3n) is 4.33. The maximum Gasteiger partial charge on any atom is 0.243 e. The van der Waals surface area contributed by atoms with Crippen LogP contribution in [0, 0.1) is 5.82 Å². The van der Waals surface area contributed by atoms with Gasteiger partial charge in [0.05, 0.1) is 9.92 Å². The van der Waals surface area contributed by atoms with Crippen LogP contribution in [0.5, 0.6) is 0 Å². The molecule has 3 rings (SSSR count). The molecule has 2 aromatic carbocycles. The number of hydrogen-bond donors (Lipinski definition) is 0. The van der Waals surface area contributed by atoms with Gasteiger partial charge >= 0.3 is 0 Å². The molecule has 4 nitrogen and oxygen atoms in total. The van der Waals surface area contributed by atoms with Crippen LogP contribution < -0.4 is 0 Å². The summed E-state index contributed by atoms with van der Waals surface area (Å²) in [5, 5.41) is -0.179. The van der Waals surface area contributed by atoms with Crippen molar-refractivity contribution in [3.05, 3.63) is 64.9 Å². The molecule has 0 spiro atoms. The van der Waals surface area contributed by atoms with Gasteiger partial charge in [0.15, 0.2) is 0 Å². The minimum Gasteiger partial charge on any atom is -0.298 e. The Morgan fingerprint density at radius 2 is 1.76 bits per heavy atom. The lowest BCUT2D eigenvalue weighted by atomic mass is 10.2. The van der Waals surface area contributed by atoms with Crippen molar-refractivity contribution in [2.24, 2.45) is 0 Å². The maximum atomic E-state index is 13.3. The van der Waals surface area contributed by atoms with Crippen LogP contribution in [0.4, 0.5) is 4.39 Å². The van der Waals surface area contributed by atoms with Gasteiger partial charge < -0.3 is 0 Å². The van der Waals surface area contributed by atoms with Crippen LogP contribution in [0.3, 0.4) is 0 Å². The highest BCUT2D eigenvalue weighted by Crippen LogP contribution is 2.23. The van der Waals surface area contributed by atoms with Crippen LogP contribution in [-0.2, 0) is 16.6 Å². The van der Waals surface area contributed by atoms with Crippen LogP contribution in [0.15, 0.2) is 53.4 Å². The Morgan fingerprint density at radius 3 is 2.48 bits per heavy atom. The molecule has 2 aromatic rings. The Bertz CT molecular complexity index is 830. The quantitative estimate of drug-likeness (QED) is 0.814. The fourth-order valence-electron chi connectivity index (χ4n) is 2.97. The second-order valence-electron chi connectivity index (χ2n) is 6.10. The fourth-order valence-corrected chi connectivity index (χ4v) is 4.72. The third-order valence-corrected chi connectivity index (χ3v) is 6.51. The van der Waals surface area contributed by atoms with Gasteiger partial charge in [0.25, 0.3) is 0 Å². The van der Waals surface area contributed by atoms with Gasteiger partial charge in [0.2, 0.25) is 10.0 Å². The predicted octanol–water partition coefficient (Wildman–Crippen LogP) is 3.38. The summed E-state index contributed by atoms with van der Waals surface area (Å²) in [5.41, 5.74) is 1.21. The lowest BCUT2D eigenvalue weighted by molar-refractivity contribution is 0.278. The number of halogens is 2. The molecule has 0 unspecified atom stereocenters. The zero-order valence-corrected chi connectivity index (χ0v) is 15.3. The zero-order valence-electron chi connectivity index (χ0n) is 13.7. The van der Waals surface area contributed by atoms with Crippen molar-refractivity contribution in [1.29, 1.82) is 0 Å². The van der Waals surface area contributed by atoms with Gasteiger partial charge in [-0.25, -0.2) is 12.8 Å². The molecule has 1 aliphatic heterocycles. The molecule has 1 heterocycles. The first-order valence-corrected chi connectivity index (χ1v) is 10.00. The first kappa shape index (κ1) is 18.3. The van der Waals surface area contributed by atoms with Crippen molar-refractivity contribution >= 4 is 21.6 Å². The van der Waals surface area contributed by atoms with Gasteiger partial charge in [-0.15, -0.1) is 0 Å². The van der Waals surface area contributed by atoms with E-state index in [9.17, 15) is 12.8 Å². The zero-order chi connectivity index (χ0) is 17.9. The topological polar surface area (TPSA) is 40.6 Å². The van der Waals surface area contributed by atoms with Gasteiger partial charge in [0, 0.05) is 26.2 Å². The van der Waals surface area contributed by atoms with E-state index >= 15 is 0 Å². The van der Waals surface area contributed by atoms with Crippen molar-refractivity contribution in [3.8, 4) is 0 Å². The van der Waals surface area contributed by atoms with E-state index in [0.29, 0.717) is 19.6 Å². The van der Waals surface area contributed by atoms with Gasteiger partial charge in [-0.1, -0.05) is 41.9 Å². The van der Waals surface area contributed by atoms with E-state index < -0.39 is 15.8 Å². The molecule has 0 aromatic heterocycles. The predicted molar refractivity (Wildman–Crippen MR) is 96.5 cm³/mol. The van der Waals surface area contributed by atoms with E-state index in [-0.39, 0.29) is 9.92 Å². The number of benzene rings is 2. The summed E-state index contributed by atoms with van der Waals surface area (Å²) < 4.78 is 40.4. The Kier molecular flexibility index (Phi) is 5.74. The normalized spacial score (nSPS) is 17.4. The first-order chi connectivity index (χ1) is 12.0.